The number of pyridine rings is 1. The van der Waals surface area contributed by atoms with E-state index in [9.17, 15) is 4.79 Å². The van der Waals surface area contributed by atoms with Gasteiger partial charge in [0, 0.05) is 23.8 Å². The highest BCUT2D eigenvalue weighted by Crippen LogP contribution is 2.25. The number of aryl methyl sites for hydroxylation is 1. The van der Waals surface area contributed by atoms with E-state index in [0.717, 1.165) is 27.6 Å². The van der Waals surface area contributed by atoms with E-state index in [4.69, 9.17) is 0 Å². The lowest BCUT2D eigenvalue weighted by atomic mass is 10.2. The van der Waals surface area contributed by atoms with E-state index < -0.39 is 0 Å². The van der Waals surface area contributed by atoms with Crippen LogP contribution in [0.15, 0.2) is 48.4 Å². The van der Waals surface area contributed by atoms with Crippen LogP contribution in [-0.2, 0) is 6.54 Å². The molecule has 0 aliphatic heterocycles. The first-order valence-electron chi connectivity index (χ1n) is 8.85. The minimum Gasteiger partial charge on any atom is -0.350 e. The van der Waals surface area contributed by atoms with Crippen molar-refractivity contribution < 1.29 is 4.79 Å². The van der Waals surface area contributed by atoms with Crippen LogP contribution in [0, 0.1) is 6.92 Å². The van der Waals surface area contributed by atoms with Crippen LogP contribution in [0.25, 0.3) is 16.9 Å². The quantitative estimate of drug-likeness (QED) is 0.574. The van der Waals surface area contributed by atoms with Gasteiger partial charge in [-0.1, -0.05) is 6.07 Å². The van der Waals surface area contributed by atoms with Crippen LogP contribution in [0.2, 0.25) is 0 Å². The Bertz CT molecular complexity index is 1100. The molecule has 7 heteroatoms. The minimum atomic E-state index is -0.0719. The molecule has 0 saturated carbocycles. The van der Waals surface area contributed by atoms with Gasteiger partial charge in [0.2, 0.25) is 0 Å². The Morgan fingerprint density at radius 3 is 2.93 bits per heavy atom. The zero-order chi connectivity index (χ0) is 19.0. The number of hydrogen-bond acceptors (Lipinski definition) is 4. The Morgan fingerprint density at radius 1 is 1.33 bits per heavy atom. The molecule has 0 unspecified atom stereocenters. The number of nitrogens with zero attached hydrogens (tertiary/aromatic N) is 4. The van der Waals surface area contributed by atoms with Gasteiger partial charge in [0.05, 0.1) is 40.3 Å². The van der Waals surface area contributed by atoms with E-state index >= 15 is 0 Å². The molecule has 0 saturated heterocycles. The summed E-state index contributed by atoms with van der Waals surface area (Å²) >= 11 is 1.65. The summed E-state index contributed by atoms with van der Waals surface area (Å²) in [6, 6.07) is 7.84. The third-order valence-electron chi connectivity index (χ3n) is 4.25. The molecular formula is C20H21N5OS. The van der Waals surface area contributed by atoms with E-state index in [1.165, 1.54) is 0 Å². The molecule has 1 N–H and O–H groups in total. The number of imidazole rings is 1. The number of hydrogen-bond donors (Lipinski definition) is 1. The van der Waals surface area contributed by atoms with Gasteiger partial charge in [-0.3, -0.25) is 4.79 Å². The van der Waals surface area contributed by atoms with E-state index in [2.05, 4.69) is 20.7 Å². The Labute approximate surface area is 161 Å². The van der Waals surface area contributed by atoms with Crippen LogP contribution in [0.4, 0.5) is 0 Å². The average molecular weight is 379 g/mol. The van der Waals surface area contributed by atoms with Gasteiger partial charge in [-0.15, -0.1) is 11.3 Å². The van der Waals surface area contributed by atoms with Crippen LogP contribution in [0.1, 0.15) is 34.9 Å². The Balaban J connectivity index is 1.70. The summed E-state index contributed by atoms with van der Waals surface area (Å²) in [5, 5.41) is 6.10. The number of nitrogens with one attached hydrogen (secondary N) is 1. The molecule has 0 aromatic carbocycles. The third kappa shape index (κ3) is 3.50. The third-order valence-corrected chi connectivity index (χ3v) is 5.07. The van der Waals surface area contributed by atoms with Crippen molar-refractivity contribution in [2.45, 2.75) is 33.4 Å². The summed E-state index contributed by atoms with van der Waals surface area (Å²) in [5.41, 5.74) is 4.28. The van der Waals surface area contributed by atoms with E-state index in [1.807, 2.05) is 66.4 Å². The number of amides is 1. The summed E-state index contributed by atoms with van der Waals surface area (Å²) in [7, 11) is 0. The molecule has 4 rings (SSSR count). The maximum Gasteiger partial charge on any atom is 0.253 e. The van der Waals surface area contributed by atoms with Crippen molar-refractivity contribution in [2.24, 2.45) is 0 Å². The van der Waals surface area contributed by atoms with Crippen LogP contribution < -0.4 is 5.32 Å². The van der Waals surface area contributed by atoms with Crippen molar-refractivity contribution >= 4 is 22.8 Å². The number of aromatic nitrogens is 4. The molecule has 27 heavy (non-hydrogen) atoms. The van der Waals surface area contributed by atoms with Gasteiger partial charge in [-0.25, -0.2) is 9.97 Å². The summed E-state index contributed by atoms with van der Waals surface area (Å²) in [6.45, 7) is 6.60. The number of rotatable bonds is 5. The average Bonchev–Trinajstić information content (AvgIpc) is 3.33. The number of carbonyl (C=O) groups is 1. The molecule has 4 aromatic rings. The first kappa shape index (κ1) is 17.5. The molecule has 1 amide bonds. The summed E-state index contributed by atoms with van der Waals surface area (Å²) in [6.07, 6.45) is 5.76. The highest BCUT2D eigenvalue weighted by Gasteiger charge is 2.18. The Morgan fingerprint density at radius 2 is 2.19 bits per heavy atom. The zero-order valence-electron chi connectivity index (χ0n) is 15.5. The molecular weight excluding hydrogens is 358 g/mol. The molecule has 6 nitrogen and oxygen atoms in total. The fraction of sp³-hybridized carbons (Fsp3) is 0.250. The second-order valence-corrected chi connectivity index (χ2v) is 7.88. The summed E-state index contributed by atoms with van der Waals surface area (Å²) < 4.78 is 4.02. The summed E-state index contributed by atoms with van der Waals surface area (Å²) in [4.78, 5) is 21.7. The smallest absolute Gasteiger partial charge is 0.253 e. The largest absolute Gasteiger partial charge is 0.350 e. The van der Waals surface area contributed by atoms with Crippen LogP contribution >= 0.6 is 11.3 Å². The fourth-order valence-corrected chi connectivity index (χ4v) is 3.72. The van der Waals surface area contributed by atoms with Crippen molar-refractivity contribution in [1.82, 2.24) is 24.3 Å². The van der Waals surface area contributed by atoms with Crippen molar-refractivity contribution in [3.8, 4) is 11.4 Å². The van der Waals surface area contributed by atoms with Crippen molar-refractivity contribution in [3.63, 3.8) is 0 Å². The number of fused-ring (bicyclic) bond motifs is 1. The van der Waals surface area contributed by atoms with Crippen molar-refractivity contribution in [3.05, 3.63) is 64.6 Å². The van der Waals surface area contributed by atoms with E-state index in [0.29, 0.717) is 12.1 Å². The van der Waals surface area contributed by atoms with Gasteiger partial charge in [0.15, 0.2) is 0 Å². The van der Waals surface area contributed by atoms with Crippen molar-refractivity contribution in [1.29, 1.82) is 0 Å². The molecule has 0 spiro atoms. The molecule has 138 valence electrons. The second-order valence-electron chi connectivity index (χ2n) is 6.82. The number of carbonyl (C=O) groups excluding carboxylic acids is 1. The zero-order valence-corrected chi connectivity index (χ0v) is 16.3. The number of thiazole rings is 1. The Kier molecular flexibility index (Phi) is 4.53. The lowest BCUT2D eigenvalue weighted by Crippen LogP contribution is -2.29. The molecule has 0 aliphatic rings. The topological polar surface area (TPSA) is 64.2 Å². The lowest BCUT2D eigenvalue weighted by Gasteiger charge is -2.07. The monoisotopic (exact) mass is 379 g/mol. The van der Waals surface area contributed by atoms with Crippen molar-refractivity contribution in [2.75, 3.05) is 0 Å². The van der Waals surface area contributed by atoms with Gasteiger partial charge < -0.3 is 14.3 Å². The summed E-state index contributed by atoms with van der Waals surface area (Å²) in [5.74, 6) is -0.0719. The van der Waals surface area contributed by atoms with Gasteiger partial charge in [0.1, 0.15) is 5.69 Å². The van der Waals surface area contributed by atoms with Gasteiger partial charge in [0.25, 0.3) is 5.91 Å². The predicted molar refractivity (Wildman–Crippen MR) is 107 cm³/mol. The highest BCUT2D eigenvalue weighted by molar-refractivity contribution is 7.09. The first-order chi connectivity index (χ1) is 13.0. The normalized spacial score (nSPS) is 11.4. The van der Waals surface area contributed by atoms with Crippen LogP contribution in [0.5, 0.6) is 0 Å². The molecule has 4 heterocycles. The lowest BCUT2D eigenvalue weighted by molar-refractivity contribution is 0.0945. The van der Waals surface area contributed by atoms with E-state index in [-0.39, 0.29) is 11.9 Å². The molecule has 0 radical (unpaired) electrons. The predicted octanol–water partition coefficient (Wildman–Crippen LogP) is 3.75. The fourth-order valence-electron chi connectivity index (χ4n) is 3.12. The van der Waals surface area contributed by atoms with Crippen LogP contribution in [0.3, 0.4) is 0 Å². The van der Waals surface area contributed by atoms with Gasteiger partial charge in [-0.05, 0) is 39.0 Å². The maximum absolute atomic E-state index is 12.6. The molecule has 0 bridgehead atoms. The molecule has 0 atom stereocenters. The van der Waals surface area contributed by atoms with Gasteiger partial charge >= 0.3 is 0 Å². The standard InChI is InChI=1S/C20H21N5OS/c1-13(2)22-20(26)16-8-19(25-7-5-4-6-18(16)25)17-10-24(12-21-17)9-15-11-27-14(3)23-15/h4-8,10-13H,9H2,1-3H3,(H,22,26). The minimum absolute atomic E-state index is 0.0719. The SMILES string of the molecule is Cc1nc(Cn2cnc(-c3cc(C(=O)NC(C)C)c4ccccn34)c2)cs1. The first-order valence-corrected chi connectivity index (χ1v) is 9.73. The molecule has 0 aliphatic carbocycles. The highest BCUT2D eigenvalue weighted by atomic mass is 32.1. The maximum atomic E-state index is 12.6. The molecule has 0 fully saturated rings. The van der Waals surface area contributed by atoms with Crippen LogP contribution in [-0.4, -0.2) is 30.9 Å². The Hall–Kier alpha value is -2.93. The second kappa shape index (κ2) is 7.00. The van der Waals surface area contributed by atoms with E-state index in [1.54, 1.807) is 17.7 Å². The molecule has 4 aromatic heterocycles. The van der Waals surface area contributed by atoms with Gasteiger partial charge in [-0.2, -0.15) is 0 Å².